The molecule has 1 aromatic heterocycles. The molecule has 0 aliphatic carbocycles. The van der Waals surface area contributed by atoms with Crippen LogP contribution in [0.3, 0.4) is 0 Å². The number of hydrogen-bond acceptors (Lipinski definition) is 5. The summed E-state index contributed by atoms with van der Waals surface area (Å²) in [6.45, 7) is 0.549. The van der Waals surface area contributed by atoms with Crippen LogP contribution in [0.15, 0.2) is 29.8 Å². The van der Waals surface area contributed by atoms with E-state index in [4.69, 9.17) is 5.73 Å². The van der Waals surface area contributed by atoms with Crippen molar-refractivity contribution in [2.45, 2.75) is 6.42 Å². The van der Waals surface area contributed by atoms with Gasteiger partial charge in [0.15, 0.2) is 5.13 Å². The molecule has 0 bridgehead atoms. The third-order valence-corrected chi connectivity index (χ3v) is 4.00. The van der Waals surface area contributed by atoms with Gasteiger partial charge in [0.2, 0.25) is 5.91 Å². The number of fused-ring (bicyclic) bond motifs is 1. The zero-order valence-corrected chi connectivity index (χ0v) is 12.0. The van der Waals surface area contributed by atoms with Crippen LogP contribution in [0, 0.1) is 0 Å². The Kier molecular flexibility index (Phi) is 3.57. The van der Waals surface area contributed by atoms with Gasteiger partial charge in [-0.1, -0.05) is 6.07 Å². The van der Waals surface area contributed by atoms with Crippen molar-refractivity contribution in [3.8, 4) is 0 Å². The lowest BCUT2D eigenvalue weighted by Gasteiger charge is -2.28. The third kappa shape index (κ3) is 2.87. The Bertz CT molecular complexity index is 684. The van der Waals surface area contributed by atoms with Crippen molar-refractivity contribution in [1.29, 1.82) is 0 Å². The van der Waals surface area contributed by atoms with Crippen molar-refractivity contribution < 1.29 is 9.59 Å². The fourth-order valence-corrected chi connectivity index (χ4v) is 2.85. The lowest BCUT2D eigenvalue weighted by atomic mass is 9.98. The van der Waals surface area contributed by atoms with Gasteiger partial charge in [0.1, 0.15) is 6.54 Å². The maximum atomic E-state index is 12.4. The molecule has 0 fully saturated rings. The number of rotatable bonds is 3. The van der Waals surface area contributed by atoms with E-state index in [-0.39, 0.29) is 18.4 Å². The van der Waals surface area contributed by atoms with Crippen molar-refractivity contribution in [3.05, 3.63) is 40.9 Å². The average Bonchev–Trinajstić information content (AvgIpc) is 2.95. The number of nitrogens with one attached hydrogen (secondary N) is 1. The Labute approximate surface area is 125 Å². The second-order valence-corrected chi connectivity index (χ2v) is 5.67. The maximum Gasteiger partial charge on any atom is 0.254 e. The first-order chi connectivity index (χ1) is 10.1. The minimum atomic E-state index is -0.245. The van der Waals surface area contributed by atoms with Gasteiger partial charge in [-0.2, -0.15) is 0 Å². The number of carbonyl (C=O) groups excluding carboxylic acids is 2. The van der Waals surface area contributed by atoms with Gasteiger partial charge in [-0.3, -0.25) is 9.59 Å². The fourth-order valence-electron chi connectivity index (χ4n) is 2.31. The number of aromatic nitrogens is 1. The molecular formula is C14H14N4O2S. The predicted molar refractivity (Wildman–Crippen MR) is 81.2 cm³/mol. The van der Waals surface area contributed by atoms with Crippen LogP contribution < -0.4 is 11.1 Å². The number of thiazole rings is 1. The number of carbonyl (C=O) groups is 2. The fraction of sp³-hybridized carbons (Fsp3) is 0.214. The van der Waals surface area contributed by atoms with Crippen LogP contribution in [-0.4, -0.2) is 34.8 Å². The molecule has 6 nitrogen and oxygen atoms in total. The summed E-state index contributed by atoms with van der Waals surface area (Å²) in [6, 6.07) is 5.33. The zero-order chi connectivity index (χ0) is 14.8. The highest BCUT2D eigenvalue weighted by atomic mass is 32.1. The van der Waals surface area contributed by atoms with Crippen molar-refractivity contribution >= 4 is 34.0 Å². The average molecular weight is 302 g/mol. The molecule has 1 aliphatic rings. The summed E-state index contributed by atoms with van der Waals surface area (Å²) < 4.78 is 0. The Morgan fingerprint density at radius 3 is 3.10 bits per heavy atom. The first kappa shape index (κ1) is 13.6. The van der Waals surface area contributed by atoms with E-state index in [1.54, 1.807) is 23.7 Å². The summed E-state index contributed by atoms with van der Waals surface area (Å²) in [5, 5.41) is 4.99. The molecule has 2 heterocycles. The standard InChI is InChI=1S/C14H14N4O2S/c15-10-2-1-9-3-5-18(13(20)11(9)7-10)8-12(19)17-14-16-4-6-21-14/h1-2,4,6-7H,3,5,8,15H2,(H,16,17,19). The normalized spacial score (nSPS) is 13.9. The van der Waals surface area contributed by atoms with E-state index < -0.39 is 0 Å². The minimum absolute atomic E-state index is 0.0205. The van der Waals surface area contributed by atoms with E-state index in [1.165, 1.54) is 16.2 Å². The number of anilines is 2. The topological polar surface area (TPSA) is 88.3 Å². The summed E-state index contributed by atoms with van der Waals surface area (Å²) in [4.78, 5) is 29.8. The van der Waals surface area contributed by atoms with E-state index in [0.717, 1.165) is 12.0 Å². The van der Waals surface area contributed by atoms with Crippen molar-refractivity contribution in [1.82, 2.24) is 9.88 Å². The number of nitrogen functional groups attached to an aromatic ring is 1. The van der Waals surface area contributed by atoms with E-state index in [0.29, 0.717) is 22.9 Å². The van der Waals surface area contributed by atoms with Crippen LogP contribution in [0.2, 0.25) is 0 Å². The van der Waals surface area contributed by atoms with Crippen molar-refractivity contribution in [2.24, 2.45) is 0 Å². The molecule has 0 spiro atoms. The number of nitrogens with zero attached hydrogens (tertiary/aromatic N) is 2. The zero-order valence-electron chi connectivity index (χ0n) is 11.2. The molecule has 2 amide bonds. The Hall–Kier alpha value is -2.41. The van der Waals surface area contributed by atoms with Crippen LogP contribution in [0.5, 0.6) is 0 Å². The molecule has 3 rings (SSSR count). The predicted octanol–water partition coefficient (Wildman–Crippen LogP) is 1.36. The molecule has 108 valence electrons. The van der Waals surface area contributed by atoms with Crippen LogP contribution in [0.25, 0.3) is 0 Å². The summed E-state index contributed by atoms with van der Waals surface area (Å²) in [5.41, 5.74) is 7.84. The monoisotopic (exact) mass is 302 g/mol. The number of amides is 2. The summed E-state index contributed by atoms with van der Waals surface area (Å²) in [5.74, 6) is -0.400. The molecule has 3 N–H and O–H groups in total. The van der Waals surface area contributed by atoms with Crippen LogP contribution >= 0.6 is 11.3 Å². The van der Waals surface area contributed by atoms with Gasteiger partial charge in [0.05, 0.1) is 0 Å². The number of benzene rings is 1. The highest BCUT2D eigenvalue weighted by molar-refractivity contribution is 7.13. The van der Waals surface area contributed by atoms with Crippen LogP contribution in [0.1, 0.15) is 15.9 Å². The van der Waals surface area contributed by atoms with Gasteiger partial charge in [-0.25, -0.2) is 4.98 Å². The molecule has 1 aliphatic heterocycles. The summed E-state index contributed by atoms with van der Waals surface area (Å²) in [7, 11) is 0. The first-order valence-electron chi connectivity index (χ1n) is 6.50. The van der Waals surface area contributed by atoms with Gasteiger partial charge in [0, 0.05) is 29.4 Å². The van der Waals surface area contributed by atoms with Crippen molar-refractivity contribution in [2.75, 3.05) is 24.1 Å². The van der Waals surface area contributed by atoms with Gasteiger partial charge >= 0.3 is 0 Å². The molecule has 0 unspecified atom stereocenters. The second-order valence-electron chi connectivity index (χ2n) is 4.78. The van der Waals surface area contributed by atoms with E-state index in [1.807, 2.05) is 6.07 Å². The maximum absolute atomic E-state index is 12.4. The lowest BCUT2D eigenvalue weighted by Crippen LogP contribution is -2.42. The minimum Gasteiger partial charge on any atom is -0.399 e. The Balaban J connectivity index is 1.70. The van der Waals surface area contributed by atoms with Gasteiger partial charge < -0.3 is 16.0 Å². The molecule has 0 saturated heterocycles. The van der Waals surface area contributed by atoms with Gasteiger partial charge in [-0.05, 0) is 24.1 Å². The van der Waals surface area contributed by atoms with Crippen LogP contribution in [0.4, 0.5) is 10.8 Å². The smallest absolute Gasteiger partial charge is 0.254 e. The molecule has 21 heavy (non-hydrogen) atoms. The molecule has 0 radical (unpaired) electrons. The molecule has 2 aromatic rings. The SMILES string of the molecule is Nc1ccc2c(c1)C(=O)N(CC(=O)Nc1nccs1)CC2. The van der Waals surface area contributed by atoms with Crippen molar-refractivity contribution in [3.63, 3.8) is 0 Å². The van der Waals surface area contributed by atoms with E-state index in [9.17, 15) is 9.59 Å². The molecular weight excluding hydrogens is 288 g/mol. The highest BCUT2D eigenvalue weighted by Crippen LogP contribution is 2.21. The lowest BCUT2D eigenvalue weighted by molar-refractivity contribution is -0.116. The quantitative estimate of drug-likeness (QED) is 0.838. The molecule has 1 aromatic carbocycles. The molecule has 7 heteroatoms. The summed E-state index contributed by atoms with van der Waals surface area (Å²) >= 11 is 1.34. The largest absolute Gasteiger partial charge is 0.399 e. The third-order valence-electron chi connectivity index (χ3n) is 3.32. The van der Waals surface area contributed by atoms with Gasteiger partial charge in [0.25, 0.3) is 5.91 Å². The van der Waals surface area contributed by atoms with Gasteiger partial charge in [-0.15, -0.1) is 11.3 Å². The second kappa shape index (κ2) is 5.53. The summed E-state index contributed by atoms with van der Waals surface area (Å²) in [6.07, 6.45) is 2.34. The molecule has 0 atom stereocenters. The highest BCUT2D eigenvalue weighted by Gasteiger charge is 2.26. The Morgan fingerprint density at radius 1 is 1.48 bits per heavy atom. The van der Waals surface area contributed by atoms with Crippen LogP contribution in [-0.2, 0) is 11.2 Å². The van der Waals surface area contributed by atoms with E-state index >= 15 is 0 Å². The number of hydrogen-bond donors (Lipinski definition) is 2. The Morgan fingerprint density at radius 2 is 2.33 bits per heavy atom. The number of nitrogens with two attached hydrogens (primary N) is 1. The van der Waals surface area contributed by atoms with E-state index in [2.05, 4.69) is 10.3 Å². The first-order valence-corrected chi connectivity index (χ1v) is 7.38. The molecule has 0 saturated carbocycles.